The van der Waals surface area contributed by atoms with Gasteiger partial charge in [-0.15, -0.1) is 0 Å². The monoisotopic (exact) mass is 474 g/mol. The highest BCUT2D eigenvalue weighted by atomic mass is 35.5. The van der Waals surface area contributed by atoms with Crippen molar-refractivity contribution in [2.45, 2.75) is 38.6 Å². The fourth-order valence-electron chi connectivity index (χ4n) is 4.37. The first kappa shape index (κ1) is 22.9. The van der Waals surface area contributed by atoms with Crippen LogP contribution in [0.4, 0.5) is 5.69 Å². The molecule has 0 aliphatic carbocycles. The molecule has 0 aromatic heterocycles. The first-order valence-corrected chi connectivity index (χ1v) is 11.8. The zero-order valence-electron chi connectivity index (χ0n) is 18.4. The van der Waals surface area contributed by atoms with E-state index in [2.05, 4.69) is 5.43 Å². The molecule has 1 fully saturated rings. The van der Waals surface area contributed by atoms with Crippen LogP contribution < -0.4 is 15.2 Å². The molecule has 4 rings (SSSR count). The first-order valence-electron chi connectivity index (χ1n) is 11.0. The first-order chi connectivity index (χ1) is 15.5. The molecule has 0 spiro atoms. The minimum absolute atomic E-state index is 0.151. The van der Waals surface area contributed by atoms with E-state index in [0.29, 0.717) is 21.4 Å². The summed E-state index contributed by atoms with van der Waals surface area (Å²) in [5.41, 5.74) is 5.30. The normalized spacial score (nSPS) is 21.8. The number of carbonyl (C=O) groups excluding carboxylic acids is 1. The molecule has 2 aromatic carbocycles. The average Bonchev–Trinajstić information content (AvgIpc) is 2.94. The number of carbonyl (C=O) groups is 1. The number of methoxy groups -OCH3 is 1. The predicted molar refractivity (Wildman–Crippen MR) is 129 cm³/mol. The van der Waals surface area contributed by atoms with Crippen LogP contribution in [0, 0.1) is 5.92 Å². The third-order valence-corrected chi connectivity index (χ3v) is 6.63. The molecule has 0 unspecified atom stereocenters. The molecular weight excluding hydrogens is 447 g/mol. The third-order valence-electron chi connectivity index (χ3n) is 6.10. The molecule has 2 aliphatic heterocycles. The number of rotatable bonds is 5. The van der Waals surface area contributed by atoms with Gasteiger partial charge in [-0.1, -0.05) is 55.1 Å². The number of hydrazone groups is 1. The fraction of sp³-hybridized carbons (Fsp3) is 0.417. The summed E-state index contributed by atoms with van der Waals surface area (Å²) in [4.78, 5) is 13.2. The molecule has 2 aliphatic rings. The van der Waals surface area contributed by atoms with Gasteiger partial charge in [0.05, 0.1) is 23.9 Å². The lowest BCUT2D eigenvalue weighted by atomic mass is 9.91. The maximum absolute atomic E-state index is 13.2. The number of hydrogen-bond donors (Lipinski definition) is 1. The average molecular weight is 475 g/mol. The highest BCUT2D eigenvalue weighted by Crippen LogP contribution is 2.42. The van der Waals surface area contributed by atoms with Crippen LogP contribution in [0.1, 0.15) is 44.2 Å². The summed E-state index contributed by atoms with van der Waals surface area (Å²) >= 11 is 12.7. The van der Waals surface area contributed by atoms with Gasteiger partial charge in [-0.25, -0.2) is 5.01 Å². The van der Waals surface area contributed by atoms with Gasteiger partial charge in [0.2, 0.25) is 0 Å². The number of ether oxygens (including phenoxy) is 1. The molecule has 0 radical (unpaired) electrons. The van der Waals surface area contributed by atoms with E-state index in [9.17, 15) is 4.79 Å². The Morgan fingerprint density at radius 1 is 1.06 bits per heavy atom. The van der Waals surface area contributed by atoms with Crippen molar-refractivity contribution in [2.75, 3.05) is 25.2 Å². The third kappa shape index (κ3) is 4.87. The zero-order valence-corrected chi connectivity index (χ0v) is 19.9. The molecule has 6 nitrogen and oxygen atoms in total. The van der Waals surface area contributed by atoms with Crippen LogP contribution in [-0.2, 0) is 4.79 Å². The van der Waals surface area contributed by atoms with Crippen LogP contribution in [-0.4, -0.2) is 36.8 Å². The molecule has 170 valence electrons. The number of nitrogens with zero attached hydrogens (tertiary/aromatic N) is 3. The summed E-state index contributed by atoms with van der Waals surface area (Å²) < 4.78 is 5.31. The Labute approximate surface area is 199 Å². The minimum atomic E-state index is -0.190. The zero-order chi connectivity index (χ0) is 22.7. The predicted octanol–water partition coefficient (Wildman–Crippen LogP) is 5.46. The second kappa shape index (κ2) is 10.1. The van der Waals surface area contributed by atoms with Gasteiger partial charge in [-0.05, 0) is 48.7 Å². The van der Waals surface area contributed by atoms with E-state index in [1.54, 1.807) is 19.2 Å². The molecule has 1 saturated heterocycles. The molecular formula is C24H28Cl2N4O2. The summed E-state index contributed by atoms with van der Waals surface area (Å²) in [7, 11) is 1.64. The van der Waals surface area contributed by atoms with Crippen molar-refractivity contribution in [1.82, 2.24) is 10.4 Å². The van der Waals surface area contributed by atoms with Crippen molar-refractivity contribution >= 4 is 40.5 Å². The molecule has 32 heavy (non-hydrogen) atoms. The van der Waals surface area contributed by atoms with E-state index in [1.807, 2.05) is 47.3 Å². The van der Waals surface area contributed by atoms with Gasteiger partial charge in [-0.3, -0.25) is 15.2 Å². The molecule has 2 aromatic rings. The SMILES string of the molecule is COc1ccc([C@@H]2[C@H](C)C(C(=O)NN3CCCCCC3)=NN2c2ccc(Cl)cc2Cl)cc1. The van der Waals surface area contributed by atoms with E-state index in [0.717, 1.165) is 37.2 Å². The Kier molecular flexibility index (Phi) is 7.23. The van der Waals surface area contributed by atoms with Crippen molar-refractivity contribution in [3.05, 3.63) is 58.1 Å². The summed E-state index contributed by atoms with van der Waals surface area (Å²) in [6.45, 7) is 3.75. The number of anilines is 1. The highest BCUT2D eigenvalue weighted by Gasteiger charge is 2.40. The molecule has 1 N–H and O–H groups in total. The number of hydrogen-bond acceptors (Lipinski definition) is 5. The van der Waals surface area contributed by atoms with Gasteiger partial charge in [0.25, 0.3) is 5.91 Å². The minimum Gasteiger partial charge on any atom is -0.497 e. The number of nitrogens with one attached hydrogen (secondary N) is 1. The quantitative estimate of drug-likeness (QED) is 0.624. The second-order valence-corrected chi connectivity index (χ2v) is 9.12. The Hall–Kier alpha value is -2.28. The summed E-state index contributed by atoms with van der Waals surface area (Å²) in [6.07, 6.45) is 4.57. The van der Waals surface area contributed by atoms with Crippen LogP contribution in [0.3, 0.4) is 0 Å². The van der Waals surface area contributed by atoms with Gasteiger partial charge < -0.3 is 4.74 Å². The highest BCUT2D eigenvalue weighted by molar-refractivity contribution is 6.41. The maximum Gasteiger partial charge on any atom is 0.282 e. The fourth-order valence-corrected chi connectivity index (χ4v) is 4.86. The van der Waals surface area contributed by atoms with Crippen molar-refractivity contribution in [3.8, 4) is 5.75 Å². The lowest BCUT2D eigenvalue weighted by molar-refractivity contribution is -0.119. The number of halogens is 2. The van der Waals surface area contributed by atoms with Crippen molar-refractivity contribution < 1.29 is 9.53 Å². The van der Waals surface area contributed by atoms with Gasteiger partial charge >= 0.3 is 0 Å². The summed E-state index contributed by atoms with van der Waals surface area (Å²) in [6, 6.07) is 13.0. The van der Waals surface area contributed by atoms with Gasteiger partial charge in [-0.2, -0.15) is 5.10 Å². The molecule has 2 heterocycles. The number of amides is 1. The van der Waals surface area contributed by atoms with Crippen LogP contribution in [0.15, 0.2) is 47.6 Å². The molecule has 8 heteroatoms. The largest absolute Gasteiger partial charge is 0.497 e. The van der Waals surface area contributed by atoms with Gasteiger partial charge in [0.15, 0.2) is 0 Å². The number of hydrazine groups is 1. The van der Waals surface area contributed by atoms with Crippen LogP contribution in [0.2, 0.25) is 10.0 Å². The Balaban J connectivity index is 1.66. The van der Waals surface area contributed by atoms with Crippen LogP contribution >= 0.6 is 23.2 Å². The van der Waals surface area contributed by atoms with E-state index in [4.69, 9.17) is 33.0 Å². The van der Waals surface area contributed by atoms with E-state index >= 15 is 0 Å². The van der Waals surface area contributed by atoms with Crippen LogP contribution in [0.5, 0.6) is 5.75 Å². The topological polar surface area (TPSA) is 57.2 Å². The lowest BCUT2D eigenvalue weighted by Crippen LogP contribution is -2.46. The Morgan fingerprint density at radius 2 is 1.75 bits per heavy atom. The van der Waals surface area contributed by atoms with E-state index in [-0.39, 0.29) is 17.9 Å². The van der Waals surface area contributed by atoms with Crippen molar-refractivity contribution in [1.29, 1.82) is 0 Å². The molecule has 0 bridgehead atoms. The summed E-state index contributed by atoms with van der Waals surface area (Å²) in [5, 5.41) is 9.66. The van der Waals surface area contributed by atoms with Crippen molar-refractivity contribution in [2.24, 2.45) is 11.0 Å². The van der Waals surface area contributed by atoms with Crippen LogP contribution in [0.25, 0.3) is 0 Å². The van der Waals surface area contributed by atoms with E-state index in [1.165, 1.54) is 12.8 Å². The molecule has 0 saturated carbocycles. The summed E-state index contributed by atoms with van der Waals surface area (Å²) in [5.74, 6) is 0.461. The maximum atomic E-state index is 13.2. The van der Waals surface area contributed by atoms with Gasteiger partial charge in [0.1, 0.15) is 11.5 Å². The molecule has 2 atom stereocenters. The van der Waals surface area contributed by atoms with Crippen molar-refractivity contribution in [3.63, 3.8) is 0 Å². The second-order valence-electron chi connectivity index (χ2n) is 8.27. The Morgan fingerprint density at radius 3 is 2.38 bits per heavy atom. The lowest BCUT2D eigenvalue weighted by Gasteiger charge is -2.28. The van der Waals surface area contributed by atoms with Gasteiger partial charge in [0, 0.05) is 24.0 Å². The van der Waals surface area contributed by atoms with E-state index < -0.39 is 0 Å². The smallest absolute Gasteiger partial charge is 0.282 e. The standard InChI is InChI=1S/C24H28Cl2N4O2/c1-16-22(24(31)28-29-13-5-3-4-6-14-29)27-30(21-12-9-18(25)15-20(21)26)23(16)17-7-10-19(32-2)11-8-17/h7-12,15-16,23H,3-6,13-14H2,1-2H3,(H,28,31)/t16-,23+/m1/s1. The Bertz CT molecular complexity index is 988. The number of benzene rings is 2. The molecule has 1 amide bonds.